The highest BCUT2D eigenvalue weighted by atomic mass is 19.1. The van der Waals surface area contributed by atoms with Gasteiger partial charge in [0.05, 0.1) is 6.61 Å². The van der Waals surface area contributed by atoms with Crippen LogP contribution in [-0.2, 0) is 16.1 Å². The van der Waals surface area contributed by atoms with E-state index in [0.29, 0.717) is 35.8 Å². The summed E-state index contributed by atoms with van der Waals surface area (Å²) in [6.07, 6.45) is 1.60. The second-order valence-corrected chi connectivity index (χ2v) is 6.76. The van der Waals surface area contributed by atoms with E-state index >= 15 is 0 Å². The second kappa shape index (κ2) is 9.26. The monoisotopic (exact) mass is 417 g/mol. The maximum atomic E-state index is 13.5. The molecule has 31 heavy (non-hydrogen) atoms. The molecule has 0 atom stereocenters. The van der Waals surface area contributed by atoms with Crippen LogP contribution < -0.4 is 9.47 Å². The van der Waals surface area contributed by atoms with Crippen LogP contribution in [0, 0.1) is 5.82 Å². The molecule has 5 nitrogen and oxygen atoms in total. The van der Waals surface area contributed by atoms with Crippen molar-refractivity contribution in [3.63, 3.8) is 0 Å². The van der Waals surface area contributed by atoms with Crippen LogP contribution >= 0.6 is 0 Å². The van der Waals surface area contributed by atoms with Crippen molar-refractivity contribution in [3.05, 3.63) is 101 Å². The van der Waals surface area contributed by atoms with Crippen molar-refractivity contribution in [3.8, 4) is 11.5 Å². The van der Waals surface area contributed by atoms with E-state index in [1.165, 1.54) is 18.2 Å². The fourth-order valence-electron chi connectivity index (χ4n) is 3.05. The summed E-state index contributed by atoms with van der Waals surface area (Å²) < 4.78 is 30.3. The zero-order valence-electron chi connectivity index (χ0n) is 16.9. The molecule has 156 valence electrons. The summed E-state index contributed by atoms with van der Waals surface area (Å²) in [6, 6.07) is 20.9. The molecule has 0 fully saturated rings. The first-order chi connectivity index (χ1) is 15.1. The van der Waals surface area contributed by atoms with Crippen molar-refractivity contribution in [1.82, 2.24) is 0 Å². The van der Waals surface area contributed by atoms with Crippen molar-refractivity contribution in [1.29, 1.82) is 0 Å². The lowest BCUT2D eigenvalue weighted by molar-refractivity contribution is -0.129. The van der Waals surface area contributed by atoms with Gasteiger partial charge in [0, 0.05) is 5.56 Å². The van der Waals surface area contributed by atoms with Crippen LogP contribution in [0.25, 0.3) is 6.08 Å². The Kier molecular flexibility index (Phi) is 6.08. The minimum absolute atomic E-state index is 0.0728. The van der Waals surface area contributed by atoms with Crippen LogP contribution in [0.1, 0.15) is 23.6 Å². The van der Waals surface area contributed by atoms with Gasteiger partial charge in [0.2, 0.25) is 5.90 Å². The molecule has 0 bridgehead atoms. The van der Waals surface area contributed by atoms with Gasteiger partial charge in [0.1, 0.15) is 12.4 Å². The predicted octanol–water partition coefficient (Wildman–Crippen LogP) is 5.15. The van der Waals surface area contributed by atoms with Gasteiger partial charge in [-0.3, -0.25) is 0 Å². The van der Waals surface area contributed by atoms with Gasteiger partial charge in [-0.1, -0.05) is 42.5 Å². The zero-order chi connectivity index (χ0) is 21.6. The topological polar surface area (TPSA) is 57.1 Å². The third-order valence-electron chi connectivity index (χ3n) is 4.50. The molecule has 1 aliphatic rings. The summed E-state index contributed by atoms with van der Waals surface area (Å²) in [5, 5.41) is 0. The third kappa shape index (κ3) is 4.98. The Morgan fingerprint density at radius 2 is 1.81 bits per heavy atom. The fourth-order valence-corrected chi connectivity index (χ4v) is 3.05. The highest BCUT2D eigenvalue weighted by Gasteiger charge is 2.24. The molecule has 0 spiro atoms. The van der Waals surface area contributed by atoms with E-state index in [-0.39, 0.29) is 11.6 Å². The van der Waals surface area contributed by atoms with Crippen LogP contribution in [0.15, 0.2) is 83.5 Å². The van der Waals surface area contributed by atoms with E-state index in [4.69, 9.17) is 14.2 Å². The Hall–Kier alpha value is -3.93. The lowest BCUT2D eigenvalue weighted by Gasteiger charge is -2.12. The van der Waals surface area contributed by atoms with Gasteiger partial charge in [-0.15, -0.1) is 0 Å². The molecule has 0 radical (unpaired) electrons. The molecule has 3 aromatic carbocycles. The van der Waals surface area contributed by atoms with Crippen LogP contribution in [0.2, 0.25) is 0 Å². The van der Waals surface area contributed by atoms with Crippen molar-refractivity contribution < 1.29 is 23.4 Å². The Morgan fingerprint density at radius 3 is 2.58 bits per heavy atom. The Labute approximate surface area is 179 Å². The van der Waals surface area contributed by atoms with Gasteiger partial charge in [-0.25, -0.2) is 14.2 Å². The summed E-state index contributed by atoms with van der Waals surface area (Å²) in [7, 11) is 0. The van der Waals surface area contributed by atoms with E-state index in [2.05, 4.69) is 4.99 Å². The summed E-state index contributed by atoms with van der Waals surface area (Å²) in [4.78, 5) is 16.4. The van der Waals surface area contributed by atoms with E-state index in [1.807, 2.05) is 37.3 Å². The average Bonchev–Trinajstić information content (AvgIpc) is 3.14. The molecule has 1 heterocycles. The molecule has 0 aliphatic carbocycles. The maximum absolute atomic E-state index is 13.5. The summed E-state index contributed by atoms with van der Waals surface area (Å²) in [5.41, 5.74) is 2.27. The van der Waals surface area contributed by atoms with Crippen molar-refractivity contribution in [2.45, 2.75) is 13.5 Å². The molecule has 0 saturated heterocycles. The number of nitrogens with zero attached hydrogens (tertiary/aromatic N) is 1. The number of carbonyl (C=O) groups is 1. The summed E-state index contributed by atoms with van der Waals surface area (Å²) in [6.45, 7) is 2.76. The van der Waals surface area contributed by atoms with Gasteiger partial charge in [0.15, 0.2) is 17.2 Å². The van der Waals surface area contributed by atoms with Crippen molar-refractivity contribution in [2.24, 2.45) is 4.99 Å². The standard InChI is InChI=1S/C25H20FNO4/c1-2-29-23-14-18(11-12-22(23)30-16-17-7-4-3-5-8-17)13-21-25(28)31-24(27-21)19-9-6-10-20(26)15-19/h3-15H,2,16H2,1H3. The van der Waals surface area contributed by atoms with Gasteiger partial charge in [-0.2, -0.15) is 0 Å². The Bertz CT molecular complexity index is 1160. The molecule has 3 aromatic rings. The third-order valence-corrected chi connectivity index (χ3v) is 4.50. The number of benzene rings is 3. The largest absolute Gasteiger partial charge is 0.490 e. The van der Waals surface area contributed by atoms with Crippen molar-refractivity contribution in [2.75, 3.05) is 6.61 Å². The van der Waals surface area contributed by atoms with Gasteiger partial charge >= 0.3 is 5.97 Å². The molecule has 0 N–H and O–H groups in total. The minimum atomic E-state index is -0.596. The van der Waals surface area contributed by atoms with Crippen LogP contribution in [0.5, 0.6) is 11.5 Å². The van der Waals surface area contributed by atoms with Crippen molar-refractivity contribution >= 4 is 17.9 Å². The molecule has 6 heteroatoms. The number of ether oxygens (including phenoxy) is 3. The smallest absolute Gasteiger partial charge is 0.363 e. The minimum Gasteiger partial charge on any atom is -0.490 e. The second-order valence-electron chi connectivity index (χ2n) is 6.76. The molecule has 0 aromatic heterocycles. The van der Waals surface area contributed by atoms with Crippen LogP contribution in [0.3, 0.4) is 0 Å². The Balaban J connectivity index is 1.57. The van der Waals surface area contributed by atoms with Gasteiger partial charge in [0.25, 0.3) is 0 Å². The van der Waals surface area contributed by atoms with Gasteiger partial charge in [-0.05, 0) is 54.5 Å². The summed E-state index contributed by atoms with van der Waals surface area (Å²) in [5.74, 6) is 0.214. The molecule has 4 rings (SSSR count). The number of esters is 1. The quantitative estimate of drug-likeness (QED) is 0.394. The number of rotatable bonds is 7. The number of aliphatic imine (C=N–C) groups is 1. The number of hydrogen-bond donors (Lipinski definition) is 0. The molecule has 1 aliphatic heterocycles. The number of hydrogen-bond acceptors (Lipinski definition) is 5. The molecule has 0 saturated carbocycles. The maximum Gasteiger partial charge on any atom is 0.363 e. The first kappa shape index (κ1) is 20.3. The van der Waals surface area contributed by atoms with Gasteiger partial charge < -0.3 is 14.2 Å². The molecular formula is C25H20FNO4. The first-order valence-corrected chi connectivity index (χ1v) is 9.84. The highest BCUT2D eigenvalue weighted by molar-refractivity contribution is 6.12. The molecular weight excluding hydrogens is 397 g/mol. The lowest BCUT2D eigenvalue weighted by atomic mass is 10.1. The number of cyclic esters (lactones) is 1. The fraction of sp³-hybridized carbons (Fsp3) is 0.120. The highest BCUT2D eigenvalue weighted by Crippen LogP contribution is 2.31. The normalized spacial score (nSPS) is 14.3. The van der Waals surface area contributed by atoms with E-state index in [9.17, 15) is 9.18 Å². The van der Waals surface area contributed by atoms with Crippen LogP contribution in [-0.4, -0.2) is 18.5 Å². The van der Waals surface area contributed by atoms with E-state index < -0.39 is 11.8 Å². The SMILES string of the molecule is CCOc1cc(C=C2N=C(c3cccc(F)c3)OC2=O)ccc1OCc1ccccc1. The Morgan fingerprint density at radius 1 is 0.968 bits per heavy atom. The predicted molar refractivity (Wildman–Crippen MR) is 115 cm³/mol. The number of halogens is 1. The lowest BCUT2D eigenvalue weighted by Crippen LogP contribution is -2.05. The average molecular weight is 417 g/mol. The van der Waals surface area contributed by atoms with E-state index in [1.54, 1.807) is 30.3 Å². The van der Waals surface area contributed by atoms with Crippen LogP contribution in [0.4, 0.5) is 4.39 Å². The molecule has 0 unspecified atom stereocenters. The van der Waals surface area contributed by atoms with E-state index in [0.717, 1.165) is 5.56 Å². The number of carbonyl (C=O) groups excluding carboxylic acids is 1. The first-order valence-electron chi connectivity index (χ1n) is 9.84. The molecule has 0 amide bonds. The zero-order valence-corrected chi connectivity index (χ0v) is 16.9. The summed E-state index contributed by atoms with van der Waals surface area (Å²) >= 11 is 0.